The summed E-state index contributed by atoms with van der Waals surface area (Å²) in [6.07, 6.45) is 3.34. The number of carbonyl (C=O) groups excluding carboxylic acids is 1. The molecule has 1 N–H and O–H groups in total. The monoisotopic (exact) mass is 375 g/mol. The average Bonchev–Trinajstić information content (AvgIpc) is 2.89. The molecule has 1 aliphatic heterocycles. The lowest BCUT2D eigenvalue weighted by atomic mass is 10.1. The Bertz CT molecular complexity index is 764. The molecule has 1 fully saturated rings. The third-order valence-electron chi connectivity index (χ3n) is 4.37. The van der Waals surface area contributed by atoms with E-state index in [1.54, 1.807) is 28.0 Å². The lowest BCUT2D eigenvalue weighted by Gasteiger charge is -2.25. The van der Waals surface area contributed by atoms with E-state index in [0.717, 1.165) is 12.1 Å². The van der Waals surface area contributed by atoms with Gasteiger partial charge in [-0.05, 0) is 31.8 Å². The Kier molecular flexibility index (Phi) is 6.41. The van der Waals surface area contributed by atoms with Crippen molar-refractivity contribution in [2.24, 2.45) is 5.92 Å². The van der Waals surface area contributed by atoms with E-state index in [2.05, 4.69) is 15.3 Å². The molecule has 1 aromatic heterocycles. The Labute approximate surface area is 158 Å². The van der Waals surface area contributed by atoms with Crippen LogP contribution in [0.5, 0.6) is 0 Å². The van der Waals surface area contributed by atoms with Crippen molar-refractivity contribution < 1.29 is 13.9 Å². The van der Waals surface area contributed by atoms with E-state index < -0.39 is 0 Å². The molecular weight excluding hydrogens is 349 g/mol. The predicted octanol–water partition coefficient (Wildman–Crippen LogP) is 2.11. The van der Waals surface area contributed by atoms with Crippen molar-refractivity contribution in [1.82, 2.24) is 19.6 Å². The van der Waals surface area contributed by atoms with E-state index in [1.807, 2.05) is 20.2 Å². The standard InChI is InChI=1S/C19H26FN5O2/c1-23(2)10-16-11-24(6-7-27-14-16)19(26)22-18-9-21-25(13-18)12-15-4-3-5-17(20)8-15/h3-5,8-9,13,16H,6-7,10-12,14H2,1-2H3,(H,22,26)/t16-/m1/s1. The van der Waals surface area contributed by atoms with Gasteiger partial charge in [0.2, 0.25) is 0 Å². The first-order valence-corrected chi connectivity index (χ1v) is 9.05. The van der Waals surface area contributed by atoms with E-state index in [4.69, 9.17) is 4.74 Å². The molecule has 0 aliphatic carbocycles. The van der Waals surface area contributed by atoms with E-state index >= 15 is 0 Å². The molecule has 3 rings (SSSR count). The maximum Gasteiger partial charge on any atom is 0.322 e. The van der Waals surface area contributed by atoms with Gasteiger partial charge >= 0.3 is 6.03 Å². The molecule has 27 heavy (non-hydrogen) atoms. The molecule has 1 saturated heterocycles. The molecule has 0 unspecified atom stereocenters. The predicted molar refractivity (Wildman–Crippen MR) is 101 cm³/mol. The summed E-state index contributed by atoms with van der Waals surface area (Å²) in [5.41, 5.74) is 1.43. The minimum Gasteiger partial charge on any atom is -0.379 e. The Balaban J connectivity index is 1.58. The summed E-state index contributed by atoms with van der Waals surface area (Å²) >= 11 is 0. The zero-order valence-corrected chi connectivity index (χ0v) is 15.8. The van der Waals surface area contributed by atoms with Gasteiger partial charge < -0.3 is 19.9 Å². The minimum absolute atomic E-state index is 0.158. The normalized spacial score (nSPS) is 17.8. The van der Waals surface area contributed by atoms with Crippen LogP contribution in [0, 0.1) is 11.7 Å². The van der Waals surface area contributed by atoms with Crippen LogP contribution in [-0.2, 0) is 11.3 Å². The molecule has 2 heterocycles. The summed E-state index contributed by atoms with van der Waals surface area (Å²) in [6.45, 7) is 3.73. The molecule has 1 aromatic carbocycles. The number of benzene rings is 1. The maximum atomic E-state index is 13.3. The molecule has 2 aromatic rings. The SMILES string of the molecule is CN(C)C[C@H]1COCCN(C(=O)Nc2cnn(Cc3cccc(F)c3)c2)C1. The number of nitrogens with one attached hydrogen (secondary N) is 1. The molecule has 1 aliphatic rings. The molecule has 8 heteroatoms. The highest BCUT2D eigenvalue weighted by Crippen LogP contribution is 2.13. The summed E-state index contributed by atoms with van der Waals surface area (Å²) < 4.78 is 20.6. The molecule has 146 valence electrons. The van der Waals surface area contributed by atoms with Crippen LogP contribution in [0.3, 0.4) is 0 Å². The van der Waals surface area contributed by atoms with Gasteiger partial charge in [-0.1, -0.05) is 12.1 Å². The fourth-order valence-corrected chi connectivity index (χ4v) is 3.23. The van der Waals surface area contributed by atoms with Gasteiger partial charge in [0.1, 0.15) is 5.82 Å². The van der Waals surface area contributed by atoms with Gasteiger partial charge in [-0.3, -0.25) is 4.68 Å². The summed E-state index contributed by atoms with van der Waals surface area (Å²) in [4.78, 5) is 16.5. The quantitative estimate of drug-likeness (QED) is 0.870. The number of nitrogens with zero attached hydrogens (tertiary/aromatic N) is 4. The van der Waals surface area contributed by atoms with Crippen molar-refractivity contribution in [2.45, 2.75) is 6.54 Å². The number of rotatable bonds is 5. The van der Waals surface area contributed by atoms with E-state index in [1.165, 1.54) is 12.1 Å². The van der Waals surface area contributed by atoms with Gasteiger partial charge in [-0.2, -0.15) is 5.10 Å². The van der Waals surface area contributed by atoms with Crippen molar-refractivity contribution in [1.29, 1.82) is 0 Å². The molecule has 0 bridgehead atoms. The number of hydrogen-bond acceptors (Lipinski definition) is 4. The second-order valence-electron chi connectivity index (χ2n) is 7.14. The van der Waals surface area contributed by atoms with Crippen LogP contribution in [0.25, 0.3) is 0 Å². The molecule has 0 spiro atoms. The lowest BCUT2D eigenvalue weighted by Crippen LogP contribution is -2.40. The molecular formula is C19H26FN5O2. The number of amides is 2. The topological polar surface area (TPSA) is 62.6 Å². The average molecular weight is 375 g/mol. The minimum atomic E-state index is -0.274. The van der Waals surface area contributed by atoms with Gasteiger partial charge in [0.05, 0.1) is 31.6 Å². The largest absolute Gasteiger partial charge is 0.379 e. The Morgan fingerprint density at radius 3 is 3.07 bits per heavy atom. The fourth-order valence-electron chi connectivity index (χ4n) is 3.23. The van der Waals surface area contributed by atoms with Crippen LogP contribution in [0.15, 0.2) is 36.7 Å². The summed E-state index contributed by atoms with van der Waals surface area (Å²) in [5.74, 6) is 0.00722. The molecule has 1 atom stereocenters. The molecule has 2 amide bonds. The van der Waals surface area contributed by atoms with Gasteiger partial charge in [0.25, 0.3) is 0 Å². The highest BCUT2D eigenvalue weighted by Gasteiger charge is 2.23. The van der Waals surface area contributed by atoms with Crippen LogP contribution in [0.2, 0.25) is 0 Å². The molecule has 7 nitrogen and oxygen atoms in total. The third-order valence-corrected chi connectivity index (χ3v) is 4.37. The number of anilines is 1. The first-order chi connectivity index (χ1) is 13.0. The Morgan fingerprint density at radius 2 is 2.30 bits per heavy atom. The second kappa shape index (κ2) is 8.96. The zero-order chi connectivity index (χ0) is 19.2. The number of halogens is 1. The van der Waals surface area contributed by atoms with Crippen LogP contribution >= 0.6 is 0 Å². The summed E-state index contributed by atoms with van der Waals surface area (Å²) in [5, 5.41) is 7.13. The van der Waals surface area contributed by atoms with Gasteiger partial charge in [-0.25, -0.2) is 9.18 Å². The lowest BCUT2D eigenvalue weighted by molar-refractivity contribution is 0.112. The van der Waals surface area contributed by atoms with Crippen LogP contribution < -0.4 is 5.32 Å². The number of carbonyl (C=O) groups is 1. The van der Waals surface area contributed by atoms with Gasteiger partial charge in [-0.15, -0.1) is 0 Å². The zero-order valence-electron chi connectivity index (χ0n) is 15.8. The number of hydrogen-bond donors (Lipinski definition) is 1. The van der Waals surface area contributed by atoms with Crippen LogP contribution in [0.1, 0.15) is 5.56 Å². The third kappa shape index (κ3) is 5.77. The first-order valence-electron chi connectivity index (χ1n) is 9.05. The van der Waals surface area contributed by atoms with Gasteiger partial charge in [0, 0.05) is 31.7 Å². The fraction of sp³-hybridized carbons (Fsp3) is 0.474. The Hall–Kier alpha value is -2.45. The highest BCUT2D eigenvalue weighted by atomic mass is 19.1. The first kappa shape index (κ1) is 19.3. The van der Waals surface area contributed by atoms with E-state index in [-0.39, 0.29) is 17.8 Å². The van der Waals surface area contributed by atoms with Crippen molar-refractivity contribution >= 4 is 11.7 Å². The van der Waals surface area contributed by atoms with Crippen LogP contribution in [-0.4, -0.2) is 72.6 Å². The van der Waals surface area contributed by atoms with Crippen molar-refractivity contribution in [3.05, 3.63) is 48.0 Å². The number of ether oxygens (including phenoxy) is 1. The van der Waals surface area contributed by atoms with Gasteiger partial charge in [0.15, 0.2) is 0 Å². The second-order valence-corrected chi connectivity index (χ2v) is 7.14. The molecule has 0 saturated carbocycles. The van der Waals surface area contributed by atoms with E-state index in [0.29, 0.717) is 38.5 Å². The smallest absolute Gasteiger partial charge is 0.322 e. The van der Waals surface area contributed by atoms with E-state index in [9.17, 15) is 9.18 Å². The van der Waals surface area contributed by atoms with Crippen molar-refractivity contribution in [2.75, 3.05) is 52.3 Å². The Morgan fingerprint density at radius 1 is 1.44 bits per heavy atom. The number of urea groups is 1. The summed E-state index contributed by atoms with van der Waals surface area (Å²) in [7, 11) is 4.03. The van der Waals surface area contributed by atoms with Crippen LogP contribution in [0.4, 0.5) is 14.9 Å². The summed E-state index contributed by atoms with van der Waals surface area (Å²) in [6, 6.07) is 6.23. The molecule has 0 radical (unpaired) electrons. The highest BCUT2D eigenvalue weighted by molar-refractivity contribution is 5.89. The maximum absolute atomic E-state index is 13.3. The van der Waals surface area contributed by atoms with Crippen molar-refractivity contribution in [3.8, 4) is 0 Å². The van der Waals surface area contributed by atoms with Crippen molar-refractivity contribution in [3.63, 3.8) is 0 Å². The number of aromatic nitrogens is 2.